The molecule has 1 aromatic heterocycles. The van der Waals surface area contributed by atoms with Gasteiger partial charge in [0, 0.05) is 12.2 Å². The van der Waals surface area contributed by atoms with Gasteiger partial charge in [-0.3, -0.25) is 4.79 Å². The number of carbonyl (C=O) groups excluding carboxylic acids is 1. The van der Waals surface area contributed by atoms with Gasteiger partial charge in [-0.05, 0) is 41.2 Å². The van der Waals surface area contributed by atoms with Crippen molar-refractivity contribution in [3.63, 3.8) is 0 Å². The number of hydrogen-bond acceptors (Lipinski definition) is 3. The minimum Gasteiger partial charge on any atom is -0.384 e. The van der Waals surface area contributed by atoms with Crippen molar-refractivity contribution in [3.8, 4) is 0 Å². The van der Waals surface area contributed by atoms with Crippen LogP contribution in [0.5, 0.6) is 0 Å². The Morgan fingerprint density at radius 2 is 1.67 bits per heavy atom. The highest BCUT2D eigenvalue weighted by atomic mass is 16.1. The molecule has 128 valence electrons. The number of nitrogens with one attached hydrogen (secondary N) is 2. The van der Waals surface area contributed by atoms with Crippen LogP contribution in [0.3, 0.4) is 0 Å². The molecular weight excluding hydrogens is 298 g/mol. The molecule has 2 aromatic rings. The molecule has 0 spiro atoms. The first-order chi connectivity index (χ1) is 11.3. The molecule has 0 aliphatic heterocycles. The number of amides is 1. The summed E-state index contributed by atoms with van der Waals surface area (Å²) in [5.74, 6) is 0.359. The Kier molecular flexibility index (Phi) is 5.60. The quantitative estimate of drug-likeness (QED) is 0.838. The van der Waals surface area contributed by atoms with E-state index in [1.807, 2.05) is 30.3 Å². The summed E-state index contributed by atoms with van der Waals surface area (Å²) in [6.07, 6.45) is 1.69. The van der Waals surface area contributed by atoms with Crippen molar-refractivity contribution in [2.24, 2.45) is 5.92 Å². The zero-order valence-corrected chi connectivity index (χ0v) is 15.2. The van der Waals surface area contributed by atoms with Crippen LogP contribution in [-0.4, -0.2) is 17.4 Å². The molecule has 0 atom stereocenters. The Labute approximate surface area is 144 Å². The van der Waals surface area contributed by atoms with E-state index in [2.05, 4.69) is 50.2 Å². The molecule has 2 N–H and O–H groups in total. The number of carbonyl (C=O) groups is 1. The minimum atomic E-state index is -0.200. The van der Waals surface area contributed by atoms with Crippen molar-refractivity contribution < 1.29 is 4.79 Å². The maximum absolute atomic E-state index is 12.3. The average molecular weight is 325 g/mol. The fourth-order valence-electron chi connectivity index (χ4n) is 2.20. The molecule has 0 unspecified atom stereocenters. The SMILES string of the molecule is CC(C)CNc1ccc(C(=O)Nc2ccc(C(C)(C)C)cc2)nc1. The molecular formula is C20H27N3O. The van der Waals surface area contributed by atoms with E-state index >= 15 is 0 Å². The standard InChI is InChI=1S/C20H27N3O/c1-14(2)12-21-17-10-11-18(22-13-17)19(24)23-16-8-6-15(7-9-16)20(3,4)5/h6-11,13-14,21H,12H2,1-5H3,(H,23,24). The van der Waals surface area contributed by atoms with Crippen LogP contribution >= 0.6 is 0 Å². The summed E-state index contributed by atoms with van der Waals surface area (Å²) in [7, 11) is 0. The maximum Gasteiger partial charge on any atom is 0.274 e. The number of benzene rings is 1. The van der Waals surface area contributed by atoms with Crippen molar-refractivity contribution in [1.82, 2.24) is 4.98 Å². The van der Waals surface area contributed by atoms with Gasteiger partial charge in [0.25, 0.3) is 5.91 Å². The van der Waals surface area contributed by atoms with E-state index < -0.39 is 0 Å². The van der Waals surface area contributed by atoms with Crippen molar-refractivity contribution in [2.45, 2.75) is 40.0 Å². The number of rotatable bonds is 5. The van der Waals surface area contributed by atoms with Crippen LogP contribution < -0.4 is 10.6 Å². The van der Waals surface area contributed by atoms with E-state index in [1.54, 1.807) is 12.3 Å². The van der Waals surface area contributed by atoms with Crippen LogP contribution in [0.4, 0.5) is 11.4 Å². The monoisotopic (exact) mass is 325 g/mol. The normalized spacial score (nSPS) is 11.4. The Balaban J connectivity index is 1.99. The predicted molar refractivity (Wildman–Crippen MR) is 101 cm³/mol. The van der Waals surface area contributed by atoms with Crippen LogP contribution in [0.15, 0.2) is 42.6 Å². The third-order valence-electron chi connectivity index (χ3n) is 3.72. The summed E-state index contributed by atoms with van der Waals surface area (Å²) in [5.41, 5.74) is 3.44. The summed E-state index contributed by atoms with van der Waals surface area (Å²) in [6, 6.07) is 11.6. The summed E-state index contributed by atoms with van der Waals surface area (Å²) >= 11 is 0. The maximum atomic E-state index is 12.3. The van der Waals surface area contributed by atoms with E-state index in [1.165, 1.54) is 5.56 Å². The smallest absolute Gasteiger partial charge is 0.274 e. The lowest BCUT2D eigenvalue weighted by atomic mass is 9.87. The van der Waals surface area contributed by atoms with Gasteiger partial charge in [0.1, 0.15) is 5.69 Å². The van der Waals surface area contributed by atoms with Crippen molar-refractivity contribution in [2.75, 3.05) is 17.2 Å². The molecule has 0 aliphatic carbocycles. The van der Waals surface area contributed by atoms with Gasteiger partial charge in [-0.15, -0.1) is 0 Å². The van der Waals surface area contributed by atoms with Gasteiger partial charge >= 0.3 is 0 Å². The second-order valence-corrected chi connectivity index (χ2v) is 7.49. The first-order valence-corrected chi connectivity index (χ1v) is 8.37. The van der Waals surface area contributed by atoms with Gasteiger partial charge in [-0.25, -0.2) is 4.98 Å². The number of aromatic nitrogens is 1. The van der Waals surface area contributed by atoms with Crippen LogP contribution in [0.2, 0.25) is 0 Å². The first kappa shape index (κ1) is 18.0. The molecule has 2 rings (SSSR count). The minimum absolute atomic E-state index is 0.100. The van der Waals surface area contributed by atoms with E-state index in [0.29, 0.717) is 11.6 Å². The zero-order chi connectivity index (χ0) is 17.7. The van der Waals surface area contributed by atoms with Crippen LogP contribution in [0, 0.1) is 5.92 Å². The van der Waals surface area contributed by atoms with Gasteiger partial charge in [-0.2, -0.15) is 0 Å². The predicted octanol–water partition coefficient (Wildman–Crippen LogP) is 4.70. The van der Waals surface area contributed by atoms with E-state index in [9.17, 15) is 4.79 Å². The topological polar surface area (TPSA) is 54.0 Å². The highest BCUT2D eigenvalue weighted by Crippen LogP contribution is 2.23. The van der Waals surface area contributed by atoms with Crippen molar-refractivity contribution >= 4 is 17.3 Å². The first-order valence-electron chi connectivity index (χ1n) is 8.37. The number of pyridine rings is 1. The molecule has 24 heavy (non-hydrogen) atoms. The van der Waals surface area contributed by atoms with Gasteiger partial charge in [-0.1, -0.05) is 46.8 Å². The molecule has 0 bridgehead atoms. The molecule has 0 saturated heterocycles. The van der Waals surface area contributed by atoms with E-state index in [0.717, 1.165) is 17.9 Å². The number of hydrogen-bond donors (Lipinski definition) is 2. The highest BCUT2D eigenvalue weighted by molar-refractivity contribution is 6.02. The fraction of sp³-hybridized carbons (Fsp3) is 0.400. The van der Waals surface area contributed by atoms with Gasteiger partial charge in [0.2, 0.25) is 0 Å². The van der Waals surface area contributed by atoms with Crippen LogP contribution in [-0.2, 0) is 5.41 Å². The fourth-order valence-corrected chi connectivity index (χ4v) is 2.20. The van der Waals surface area contributed by atoms with E-state index in [4.69, 9.17) is 0 Å². The Bertz CT molecular complexity index is 668. The molecule has 0 radical (unpaired) electrons. The van der Waals surface area contributed by atoms with Gasteiger partial charge < -0.3 is 10.6 Å². The van der Waals surface area contributed by atoms with Crippen molar-refractivity contribution in [3.05, 3.63) is 53.9 Å². The largest absolute Gasteiger partial charge is 0.384 e. The third kappa shape index (κ3) is 5.08. The second kappa shape index (κ2) is 7.47. The van der Waals surface area contributed by atoms with Crippen LogP contribution in [0.25, 0.3) is 0 Å². The molecule has 4 nitrogen and oxygen atoms in total. The lowest BCUT2D eigenvalue weighted by molar-refractivity contribution is 0.102. The Morgan fingerprint density at radius 1 is 1.04 bits per heavy atom. The number of nitrogens with zero attached hydrogens (tertiary/aromatic N) is 1. The highest BCUT2D eigenvalue weighted by Gasteiger charge is 2.13. The zero-order valence-electron chi connectivity index (χ0n) is 15.2. The summed E-state index contributed by atoms with van der Waals surface area (Å²) in [5, 5.41) is 6.17. The molecule has 0 aliphatic rings. The summed E-state index contributed by atoms with van der Waals surface area (Å²) in [4.78, 5) is 16.5. The van der Waals surface area contributed by atoms with Gasteiger partial charge in [0.15, 0.2) is 0 Å². The molecule has 1 amide bonds. The summed E-state index contributed by atoms with van der Waals surface area (Å²) < 4.78 is 0. The Hall–Kier alpha value is -2.36. The molecule has 1 aromatic carbocycles. The lowest BCUT2D eigenvalue weighted by Crippen LogP contribution is -2.15. The molecule has 4 heteroatoms. The molecule has 1 heterocycles. The lowest BCUT2D eigenvalue weighted by Gasteiger charge is -2.19. The van der Waals surface area contributed by atoms with Crippen molar-refractivity contribution in [1.29, 1.82) is 0 Å². The molecule has 0 saturated carbocycles. The second-order valence-electron chi connectivity index (χ2n) is 7.49. The van der Waals surface area contributed by atoms with Crippen LogP contribution in [0.1, 0.15) is 50.7 Å². The summed E-state index contributed by atoms with van der Waals surface area (Å²) in [6.45, 7) is 11.7. The molecule has 0 fully saturated rings. The van der Waals surface area contributed by atoms with Gasteiger partial charge in [0.05, 0.1) is 11.9 Å². The Morgan fingerprint density at radius 3 is 2.17 bits per heavy atom. The average Bonchev–Trinajstić information content (AvgIpc) is 2.53. The number of anilines is 2. The van der Waals surface area contributed by atoms with E-state index in [-0.39, 0.29) is 11.3 Å². The third-order valence-corrected chi connectivity index (χ3v) is 3.72.